The van der Waals surface area contributed by atoms with Gasteiger partial charge in [-0.2, -0.15) is 0 Å². The van der Waals surface area contributed by atoms with E-state index in [0.29, 0.717) is 19.3 Å². The van der Waals surface area contributed by atoms with Crippen molar-refractivity contribution >= 4 is 11.6 Å². The van der Waals surface area contributed by atoms with Crippen molar-refractivity contribution in [2.75, 3.05) is 33.5 Å². The molecule has 0 amide bonds. The minimum atomic E-state index is 0.308. The van der Waals surface area contributed by atoms with Crippen LogP contribution in [0.25, 0.3) is 0 Å². The summed E-state index contributed by atoms with van der Waals surface area (Å²) in [6.45, 7) is 5.16. The molecule has 0 aliphatic rings. The summed E-state index contributed by atoms with van der Waals surface area (Å²) < 4.78 is 10.3. The molecule has 0 bridgehead atoms. The van der Waals surface area contributed by atoms with E-state index < -0.39 is 0 Å². The number of nitrogens with one attached hydrogen (secondary N) is 1. The van der Waals surface area contributed by atoms with E-state index in [1.165, 1.54) is 5.56 Å². The second kappa shape index (κ2) is 9.34. The zero-order chi connectivity index (χ0) is 13.2. The van der Waals surface area contributed by atoms with Gasteiger partial charge in [-0.15, -0.1) is 0 Å². The Labute approximate surface area is 114 Å². The van der Waals surface area contributed by atoms with Gasteiger partial charge in [0.1, 0.15) is 0 Å². The first kappa shape index (κ1) is 15.4. The average molecular weight is 272 g/mol. The number of methoxy groups -OCH3 is 1. The smallest absolute Gasteiger partial charge is 0.0700 e. The van der Waals surface area contributed by atoms with Gasteiger partial charge in [0.25, 0.3) is 0 Å². The van der Waals surface area contributed by atoms with E-state index in [1.807, 2.05) is 18.2 Å². The molecule has 0 aliphatic carbocycles. The minimum absolute atomic E-state index is 0.308. The summed E-state index contributed by atoms with van der Waals surface area (Å²) in [5, 5.41) is 4.23. The van der Waals surface area contributed by atoms with Gasteiger partial charge in [-0.05, 0) is 37.6 Å². The maximum absolute atomic E-state index is 5.96. The molecule has 0 aromatic heterocycles. The van der Waals surface area contributed by atoms with E-state index in [4.69, 9.17) is 21.1 Å². The third kappa shape index (κ3) is 6.36. The number of halogens is 1. The lowest BCUT2D eigenvalue weighted by atomic mass is 10.1. The molecule has 0 aliphatic heterocycles. The van der Waals surface area contributed by atoms with Crippen molar-refractivity contribution < 1.29 is 9.47 Å². The van der Waals surface area contributed by atoms with Crippen molar-refractivity contribution in [3.63, 3.8) is 0 Å². The molecule has 0 heterocycles. The lowest BCUT2D eigenvalue weighted by molar-refractivity contribution is 0.0693. The van der Waals surface area contributed by atoms with Crippen molar-refractivity contribution in [3.05, 3.63) is 34.9 Å². The molecular weight excluding hydrogens is 250 g/mol. The van der Waals surface area contributed by atoms with Crippen LogP contribution in [-0.4, -0.2) is 33.5 Å². The van der Waals surface area contributed by atoms with Gasteiger partial charge < -0.3 is 14.8 Å². The van der Waals surface area contributed by atoms with Crippen LogP contribution in [0.2, 0.25) is 5.02 Å². The van der Waals surface area contributed by atoms with E-state index in [2.05, 4.69) is 18.3 Å². The molecule has 0 radical (unpaired) electrons. The molecule has 1 aromatic carbocycles. The average Bonchev–Trinajstić information content (AvgIpc) is 2.37. The Morgan fingerprint density at radius 3 is 2.83 bits per heavy atom. The fourth-order valence-electron chi connectivity index (χ4n) is 1.63. The van der Waals surface area contributed by atoms with Crippen LogP contribution in [0, 0.1) is 0 Å². The highest BCUT2D eigenvalue weighted by Crippen LogP contribution is 2.16. The van der Waals surface area contributed by atoms with Crippen molar-refractivity contribution in [2.45, 2.75) is 19.4 Å². The monoisotopic (exact) mass is 271 g/mol. The number of hydrogen-bond acceptors (Lipinski definition) is 3. The maximum atomic E-state index is 5.96. The standard InChI is InChI=1S/C14H22ClNO2/c1-12(13-5-3-6-14(15)11-13)16-7-4-8-18-10-9-17-2/h3,5-6,11-12,16H,4,7-10H2,1-2H3. The number of benzene rings is 1. The lowest BCUT2D eigenvalue weighted by Crippen LogP contribution is -2.21. The second-order valence-corrected chi connectivity index (χ2v) is 4.63. The highest BCUT2D eigenvalue weighted by molar-refractivity contribution is 6.30. The highest BCUT2D eigenvalue weighted by atomic mass is 35.5. The van der Waals surface area contributed by atoms with E-state index >= 15 is 0 Å². The second-order valence-electron chi connectivity index (χ2n) is 4.19. The third-order valence-corrected chi connectivity index (χ3v) is 2.93. The van der Waals surface area contributed by atoms with Gasteiger partial charge in [-0.3, -0.25) is 0 Å². The first-order chi connectivity index (χ1) is 8.74. The van der Waals surface area contributed by atoms with Crippen LogP contribution < -0.4 is 5.32 Å². The first-order valence-electron chi connectivity index (χ1n) is 6.29. The molecule has 102 valence electrons. The summed E-state index contributed by atoms with van der Waals surface area (Å²) in [6, 6.07) is 8.25. The molecule has 4 heteroatoms. The van der Waals surface area contributed by atoms with Crippen LogP contribution in [-0.2, 0) is 9.47 Å². The lowest BCUT2D eigenvalue weighted by Gasteiger charge is -2.14. The summed E-state index contributed by atoms with van der Waals surface area (Å²) in [5.74, 6) is 0. The summed E-state index contributed by atoms with van der Waals surface area (Å²) in [4.78, 5) is 0. The van der Waals surface area contributed by atoms with E-state index in [9.17, 15) is 0 Å². The van der Waals surface area contributed by atoms with Crippen molar-refractivity contribution in [1.82, 2.24) is 5.32 Å². The highest BCUT2D eigenvalue weighted by Gasteiger charge is 2.04. The van der Waals surface area contributed by atoms with Crippen LogP contribution in [0.4, 0.5) is 0 Å². The van der Waals surface area contributed by atoms with Gasteiger partial charge in [0.05, 0.1) is 13.2 Å². The number of ether oxygens (including phenoxy) is 2. The molecule has 0 saturated heterocycles. The molecule has 3 nitrogen and oxygen atoms in total. The molecule has 1 atom stereocenters. The van der Waals surface area contributed by atoms with Gasteiger partial charge in [0.2, 0.25) is 0 Å². The Balaban J connectivity index is 2.12. The molecule has 0 spiro atoms. The molecular formula is C14H22ClNO2. The zero-order valence-corrected chi connectivity index (χ0v) is 11.9. The topological polar surface area (TPSA) is 30.5 Å². The fourth-order valence-corrected chi connectivity index (χ4v) is 1.83. The van der Waals surface area contributed by atoms with Gasteiger partial charge in [0.15, 0.2) is 0 Å². The Morgan fingerprint density at radius 2 is 2.11 bits per heavy atom. The summed E-state index contributed by atoms with van der Waals surface area (Å²) in [7, 11) is 1.68. The van der Waals surface area contributed by atoms with Crippen molar-refractivity contribution in [1.29, 1.82) is 0 Å². The largest absolute Gasteiger partial charge is 0.382 e. The molecule has 0 fully saturated rings. The van der Waals surface area contributed by atoms with Crippen LogP contribution in [0.5, 0.6) is 0 Å². The summed E-state index contributed by atoms with van der Waals surface area (Å²) in [5.41, 5.74) is 1.21. The minimum Gasteiger partial charge on any atom is -0.382 e. The van der Waals surface area contributed by atoms with E-state index in [1.54, 1.807) is 7.11 Å². The Bertz CT molecular complexity index is 333. The fraction of sp³-hybridized carbons (Fsp3) is 0.571. The summed E-state index contributed by atoms with van der Waals surface area (Å²) >= 11 is 5.96. The predicted molar refractivity (Wildman–Crippen MR) is 75.2 cm³/mol. The van der Waals surface area contributed by atoms with Crippen LogP contribution >= 0.6 is 11.6 Å². The molecule has 1 aromatic rings. The van der Waals surface area contributed by atoms with E-state index in [0.717, 1.165) is 24.6 Å². The van der Waals surface area contributed by atoms with Gasteiger partial charge in [-0.25, -0.2) is 0 Å². The Hall–Kier alpha value is -0.610. The molecule has 18 heavy (non-hydrogen) atoms. The predicted octanol–water partition coefficient (Wildman–Crippen LogP) is 3.04. The van der Waals surface area contributed by atoms with Crippen molar-refractivity contribution in [3.8, 4) is 0 Å². The first-order valence-corrected chi connectivity index (χ1v) is 6.67. The van der Waals surface area contributed by atoms with Gasteiger partial charge >= 0.3 is 0 Å². The Morgan fingerprint density at radius 1 is 1.28 bits per heavy atom. The molecule has 1 rings (SSSR count). The quantitative estimate of drug-likeness (QED) is 0.701. The third-order valence-electron chi connectivity index (χ3n) is 2.70. The molecule has 0 saturated carbocycles. The van der Waals surface area contributed by atoms with Crippen LogP contribution in [0.15, 0.2) is 24.3 Å². The van der Waals surface area contributed by atoms with Gasteiger partial charge in [0, 0.05) is 24.8 Å². The zero-order valence-electron chi connectivity index (χ0n) is 11.1. The van der Waals surface area contributed by atoms with Crippen LogP contribution in [0.1, 0.15) is 24.9 Å². The normalized spacial score (nSPS) is 12.6. The Kier molecular flexibility index (Phi) is 8.01. The van der Waals surface area contributed by atoms with Crippen LogP contribution in [0.3, 0.4) is 0 Å². The molecule has 1 unspecified atom stereocenters. The molecule has 1 N–H and O–H groups in total. The van der Waals surface area contributed by atoms with Crippen molar-refractivity contribution in [2.24, 2.45) is 0 Å². The number of hydrogen-bond donors (Lipinski definition) is 1. The SMILES string of the molecule is COCCOCCCNC(C)c1cccc(Cl)c1. The maximum Gasteiger partial charge on any atom is 0.0700 e. The summed E-state index contributed by atoms with van der Waals surface area (Å²) in [6.07, 6.45) is 0.995. The van der Waals surface area contributed by atoms with E-state index in [-0.39, 0.29) is 0 Å². The van der Waals surface area contributed by atoms with Gasteiger partial charge in [-0.1, -0.05) is 23.7 Å². The number of rotatable bonds is 9.